The minimum absolute atomic E-state index is 0.0913. The Labute approximate surface area is 181 Å². The molecule has 1 atom stereocenters. The Morgan fingerprint density at radius 1 is 1.00 bits per heavy atom. The van der Waals surface area contributed by atoms with E-state index >= 15 is 0 Å². The van der Waals surface area contributed by atoms with Crippen molar-refractivity contribution < 1.29 is 22.8 Å². The lowest BCUT2D eigenvalue weighted by Crippen LogP contribution is -2.39. The largest absolute Gasteiger partial charge is 0.463 e. The Kier molecular flexibility index (Phi) is 5.80. The molecule has 0 spiro atoms. The molecule has 0 aliphatic carbocycles. The number of carbonyl (C=O) groups excluding carboxylic acids is 2. The molecule has 0 radical (unpaired) electrons. The molecule has 162 valence electrons. The summed E-state index contributed by atoms with van der Waals surface area (Å²) in [7, 11) is 1.38. The van der Waals surface area contributed by atoms with Crippen LogP contribution in [0.2, 0.25) is 0 Å². The second kappa shape index (κ2) is 8.84. The van der Waals surface area contributed by atoms with Crippen LogP contribution in [0.5, 0.6) is 0 Å². The first kappa shape index (κ1) is 21.0. The number of hydrogen-bond acceptors (Lipinski definition) is 4. The number of carbonyl (C=O) groups is 2. The lowest BCUT2D eigenvalue weighted by Gasteiger charge is -2.18. The topological polar surface area (TPSA) is 89.2 Å². The van der Waals surface area contributed by atoms with Crippen molar-refractivity contribution in [2.75, 3.05) is 7.05 Å². The summed E-state index contributed by atoms with van der Waals surface area (Å²) in [5, 5.41) is 9.47. The van der Waals surface area contributed by atoms with Crippen molar-refractivity contribution in [3.05, 3.63) is 95.9 Å². The predicted octanol–water partition coefficient (Wildman–Crippen LogP) is 3.63. The lowest BCUT2D eigenvalue weighted by molar-refractivity contribution is -0.122. The Balaban J connectivity index is 1.73. The summed E-state index contributed by atoms with van der Waals surface area (Å²) in [6.07, 6.45) is 1.49. The highest BCUT2D eigenvalue weighted by molar-refractivity contribution is 5.97. The molecule has 0 bridgehead atoms. The molecule has 2 amide bonds. The highest BCUT2D eigenvalue weighted by Gasteiger charge is 2.26. The number of aromatic nitrogens is 2. The van der Waals surface area contributed by atoms with Crippen LogP contribution in [-0.2, 0) is 4.79 Å². The number of halogens is 2. The number of likely N-dealkylation sites (N-methyl/N-ethyl adjacent to an activating group) is 1. The number of benzene rings is 2. The Bertz CT molecular complexity index is 1250. The molecule has 1 unspecified atom stereocenters. The first-order chi connectivity index (χ1) is 15.5. The van der Waals surface area contributed by atoms with Crippen molar-refractivity contribution in [1.29, 1.82) is 0 Å². The third kappa shape index (κ3) is 4.13. The van der Waals surface area contributed by atoms with Gasteiger partial charge >= 0.3 is 0 Å². The summed E-state index contributed by atoms with van der Waals surface area (Å²) in [5.41, 5.74) is 1.24. The molecule has 9 heteroatoms. The zero-order chi connectivity index (χ0) is 22.7. The first-order valence-corrected chi connectivity index (χ1v) is 9.64. The van der Waals surface area contributed by atoms with Gasteiger partial charge < -0.3 is 15.1 Å². The highest BCUT2D eigenvalue weighted by atomic mass is 19.2. The van der Waals surface area contributed by atoms with Crippen molar-refractivity contribution >= 4 is 11.8 Å². The molecule has 0 fully saturated rings. The standard InChI is InChI=1S/C23H18F2N4O3/c1-26-23(31)21(14-9-10-16(24)17(25)12-14)27-22(30)19-13-18(20-8-5-11-32-20)28-29(19)15-6-3-2-4-7-15/h2-13,21H,1H3,(H,26,31)(H,27,30). The average Bonchev–Trinajstić information content (AvgIpc) is 3.49. The van der Waals surface area contributed by atoms with Crippen LogP contribution in [0, 0.1) is 11.6 Å². The molecule has 4 rings (SSSR count). The van der Waals surface area contributed by atoms with Crippen molar-refractivity contribution in [3.8, 4) is 17.1 Å². The molecule has 2 heterocycles. The molecule has 2 aromatic heterocycles. The number of amides is 2. The minimum Gasteiger partial charge on any atom is -0.463 e. The van der Waals surface area contributed by atoms with Gasteiger partial charge in [-0.1, -0.05) is 24.3 Å². The molecule has 0 saturated carbocycles. The van der Waals surface area contributed by atoms with E-state index < -0.39 is 29.5 Å². The first-order valence-electron chi connectivity index (χ1n) is 9.64. The second-order valence-electron chi connectivity index (χ2n) is 6.83. The van der Waals surface area contributed by atoms with Gasteiger partial charge in [-0.05, 0) is 42.0 Å². The van der Waals surface area contributed by atoms with E-state index in [0.29, 0.717) is 17.1 Å². The van der Waals surface area contributed by atoms with Crippen LogP contribution in [0.3, 0.4) is 0 Å². The van der Waals surface area contributed by atoms with Gasteiger partial charge in [-0.15, -0.1) is 0 Å². The van der Waals surface area contributed by atoms with E-state index in [1.54, 1.807) is 36.4 Å². The zero-order valence-electron chi connectivity index (χ0n) is 16.9. The number of furan rings is 1. The van der Waals surface area contributed by atoms with Gasteiger partial charge in [0, 0.05) is 13.1 Å². The fraction of sp³-hybridized carbons (Fsp3) is 0.0870. The maximum absolute atomic E-state index is 13.8. The minimum atomic E-state index is -1.26. The van der Waals surface area contributed by atoms with Gasteiger partial charge in [0.25, 0.3) is 5.91 Å². The third-order valence-electron chi connectivity index (χ3n) is 4.78. The zero-order valence-corrected chi connectivity index (χ0v) is 16.9. The fourth-order valence-electron chi connectivity index (χ4n) is 3.20. The fourth-order valence-corrected chi connectivity index (χ4v) is 3.20. The van der Waals surface area contributed by atoms with Gasteiger partial charge in [-0.2, -0.15) is 5.10 Å². The lowest BCUT2D eigenvalue weighted by atomic mass is 10.1. The quantitative estimate of drug-likeness (QED) is 0.483. The molecule has 0 aliphatic rings. The Morgan fingerprint density at radius 3 is 2.44 bits per heavy atom. The number of nitrogens with zero attached hydrogens (tertiary/aromatic N) is 2. The van der Waals surface area contributed by atoms with Crippen molar-refractivity contribution in [1.82, 2.24) is 20.4 Å². The van der Waals surface area contributed by atoms with E-state index in [4.69, 9.17) is 4.42 Å². The van der Waals surface area contributed by atoms with Crippen LogP contribution in [0.15, 0.2) is 77.4 Å². The summed E-state index contributed by atoms with van der Waals surface area (Å²) in [6, 6.07) is 15.6. The van der Waals surface area contributed by atoms with Gasteiger partial charge in [0.15, 0.2) is 17.4 Å². The summed E-state index contributed by atoms with van der Waals surface area (Å²) < 4.78 is 33.9. The van der Waals surface area contributed by atoms with Gasteiger partial charge in [-0.25, -0.2) is 13.5 Å². The van der Waals surface area contributed by atoms with Crippen LogP contribution in [0.4, 0.5) is 8.78 Å². The van der Waals surface area contributed by atoms with Crippen LogP contribution in [0.25, 0.3) is 17.1 Å². The van der Waals surface area contributed by atoms with Crippen molar-refractivity contribution in [2.45, 2.75) is 6.04 Å². The monoisotopic (exact) mass is 436 g/mol. The number of rotatable bonds is 6. The molecule has 32 heavy (non-hydrogen) atoms. The third-order valence-corrected chi connectivity index (χ3v) is 4.78. The maximum Gasteiger partial charge on any atom is 0.270 e. The van der Waals surface area contributed by atoms with E-state index in [1.165, 1.54) is 30.1 Å². The average molecular weight is 436 g/mol. The predicted molar refractivity (Wildman–Crippen MR) is 112 cm³/mol. The van der Waals surface area contributed by atoms with Crippen LogP contribution in [-0.4, -0.2) is 28.6 Å². The van der Waals surface area contributed by atoms with E-state index in [0.717, 1.165) is 12.1 Å². The van der Waals surface area contributed by atoms with Crippen LogP contribution < -0.4 is 10.6 Å². The molecular formula is C23H18F2N4O3. The highest BCUT2D eigenvalue weighted by Crippen LogP contribution is 2.23. The van der Waals surface area contributed by atoms with Crippen LogP contribution in [0.1, 0.15) is 22.1 Å². The van der Waals surface area contributed by atoms with E-state index in [9.17, 15) is 18.4 Å². The molecular weight excluding hydrogens is 418 g/mol. The van der Waals surface area contributed by atoms with Crippen LogP contribution >= 0.6 is 0 Å². The summed E-state index contributed by atoms with van der Waals surface area (Å²) in [6.45, 7) is 0. The normalized spacial score (nSPS) is 11.7. The number of nitrogens with one attached hydrogen (secondary N) is 2. The molecule has 2 aromatic carbocycles. The molecule has 4 aromatic rings. The Morgan fingerprint density at radius 2 is 1.78 bits per heavy atom. The van der Waals surface area contributed by atoms with Crippen molar-refractivity contribution in [3.63, 3.8) is 0 Å². The molecule has 0 saturated heterocycles. The maximum atomic E-state index is 13.8. The summed E-state index contributed by atoms with van der Waals surface area (Å²) >= 11 is 0. The van der Waals surface area contributed by atoms with Crippen molar-refractivity contribution in [2.24, 2.45) is 0 Å². The molecule has 0 aliphatic heterocycles. The van der Waals surface area contributed by atoms with Gasteiger partial charge in [0.1, 0.15) is 17.4 Å². The van der Waals surface area contributed by atoms with Gasteiger partial charge in [0.2, 0.25) is 5.91 Å². The number of para-hydroxylation sites is 1. The van der Waals surface area contributed by atoms with Gasteiger partial charge in [0.05, 0.1) is 12.0 Å². The second-order valence-corrected chi connectivity index (χ2v) is 6.83. The SMILES string of the molecule is CNC(=O)C(NC(=O)c1cc(-c2ccco2)nn1-c1ccccc1)c1ccc(F)c(F)c1. The summed E-state index contributed by atoms with van der Waals surface area (Å²) in [4.78, 5) is 25.7. The number of hydrogen-bond donors (Lipinski definition) is 2. The van der Waals surface area contributed by atoms with E-state index in [1.807, 2.05) is 6.07 Å². The van der Waals surface area contributed by atoms with E-state index in [-0.39, 0.29) is 11.3 Å². The molecule has 7 nitrogen and oxygen atoms in total. The van der Waals surface area contributed by atoms with E-state index in [2.05, 4.69) is 15.7 Å². The Hall–Kier alpha value is -4.27. The summed E-state index contributed by atoms with van der Waals surface area (Å²) in [5.74, 6) is -2.96. The smallest absolute Gasteiger partial charge is 0.270 e. The molecule has 2 N–H and O–H groups in total. The van der Waals surface area contributed by atoms with Gasteiger partial charge in [-0.3, -0.25) is 9.59 Å².